The van der Waals surface area contributed by atoms with Gasteiger partial charge in [0.25, 0.3) is 0 Å². The van der Waals surface area contributed by atoms with Crippen molar-refractivity contribution in [1.82, 2.24) is 0 Å². The topological polar surface area (TPSA) is 35.2 Å². The third-order valence-electron chi connectivity index (χ3n) is 2.65. The summed E-state index contributed by atoms with van der Waals surface area (Å²) in [7, 11) is 0. The lowest BCUT2D eigenvalue weighted by Gasteiger charge is -2.14. The largest absolute Gasteiger partial charge is 0.455 e. The summed E-state index contributed by atoms with van der Waals surface area (Å²) in [6, 6.07) is 9.83. The standard InChI is InChI=1S/C15H13BrFNOS2/c1-2-21-13-5-3-4-11(14(13)15(18)20)19-12-8-9(17)6-7-10(12)16/h3-8H,2H2,1H3,(H2,18,20). The second kappa shape index (κ2) is 7.24. The predicted molar refractivity (Wildman–Crippen MR) is 92.9 cm³/mol. The summed E-state index contributed by atoms with van der Waals surface area (Å²) >= 11 is 10.1. The Hall–Kier alpha value is -1.11. The maximum atomic E-state index is 13.4. The molecule has 0 aliphatic carbocycles. The Morgan fingerprint density at radius 1 is 1.33 bits per heavy atom. The number of thiocarbonyl (C=S) groups is 1. The second-order valence-electron chi connectivity index (χ2n) is 4.10. The number of nitrogens with two attached hydrogens (primary N) is 1. The summed E-state index contributed by atoms with van der Waals surface area (Å²) in [6.07, 6.45) is 0. The molecule has 0 heterocycles. The van der Waals surface area contributed by atoms with Crippen LogP contribution in [0.15, 0.2) is 45.8 Å². The Labute approximate surface area is 141 Å². The zero-order valence-electron chi connectivity index (χ0n) is 11.2. The average Bonchev–Trinajstić information content (AvgIpc) is 2.43. The summed E-state index contributed by atoms with van der Waals surface area (Å²) in [5.41, 5.74) is 6.50. The van der Waals surface area contributed by atoms with Gasteiger partial charge < -0.3 is 10.5 Å². The van der Waals surface area contributed by atoms with Crippen molar-refractivity contribution in [3.8, 4) is 11.5 Å². The van der Waals surface area contributed by atoms with Gasteiger partial charge in [-0.2, -0.15) is 0 Å². The zero-order valence-corrected chi connectivity index (χ0v) is 14.4. The SMILES string of the molecule is CCSc1cccc(Oc2cc(F)ccc2Br)c1C(N)=S. The van der Waals surface area contributed by atoms with Crippen LogP contribution < -0.4 is 10.5 Å². The smallest absolute Gasteiger partial charge is 0.144 e. The minimum atomic E-state index is -0.371. The van der Waals surface area contributed by atoms with Crippen LogP contribution in [0.1, 0.15) is 12.5 Å². The van der Waals surface area contributed by atoms with E-state index in [4.69, 9.17) is 22.7 Å². The van der Waals surface area contributed by atoms with E-state index >= 15 is 0 Å². The fourth-order valence-electron chi connectivity index (χ4n) is 1.79. The normalized spacial score (nSPS) is 10.4. The third-order valence-corrected chi connectivity index (χ3v) is 4.45. The Balaban J connectivity index is 2.46. The van der Waals surface area contributed by atoms with Gasteiger partial charge in [-0.3, -0.25) is 0 Å². The Morgan fingerprint density at radius 2 is 2.10 bits per heavy atom. The molecule has 0 atom stereocenters. The lowest BCUT2D eigenvalue weighted by molar-refractivity contribution is 0.471. The first kappa shape index (κ1) is 16.3. The molecule has 0 bridgehead atoms. The van der Waals surface area contributed by atoms with Crippen LogP contribution in [0.2, 0.25) is 0 Å². The van der Waals surface area contributed by atoms with E-state index in [1.807, 2.05) is 19.1 Å². The second-order valence-corrected chi connectivity index (χ2v) is 6.70. The van der Waals surface area contributed by atoms with Gasteiger partial charge in [0.15, 0.2) is 0 Å². The van der Waals surface area contributed by atoms with E-state index < -0.39 is 0 Å². The van der Waals surface area contributed by atoms with Crippen molar-refractivity contribution in [2.24, 2.45) is 5.73 Å². The molecule has 0 fully saturated rings. The molecular weight excluding hydrogens is 373 g/mol. The molecule has 0 saturated heterocycles. The molecule has 0 amide bonds. The monoisotopic (exact) mass is 385 g/mol. The summed E-state index contributed by atoms with van der Waals surface area (Å²) in [5, 5.41) is 0. The lowest BCUT2D eigenvalue weighted by Crippen LogP contribution is -2.12. The fraction of sp³-hybridized carbons (Fsp3) is 0.133. The molecule has 2 nitrogen and oxygen atoms in total. The first-order valence-corrected chi connectivity index (χ1v) is 8.40. The molecule has 6 heteroatoms. The molecule has 2 aromatic rings. The van der Waals surface area contributed by atoms with Gasteiger partial charge in [0.05, 0.1) is 10.0 Å². The average molecular weight is 386 g/mol. The third kappa shape index (κ3) is 3.96. The first-order chi connectivity index (χ1) is 10.0. The number of hydrogen-bond acceptors (Lipinski definition) is 3. The molecule has 2 rings (SSSR count). The Morgan fingerprint density at radius 3 is 2.76 bits per heavy atom. The summed E-state index contributed by atoms with van der Waals surface area (Å²) in [4.78, 5) is 1.21. The molecule has 21 heavy (non-hydrogen) atoms. The van der Waals surface area contributed by atoms with E-state index in [1.54, 1.807) is 23.9 Å². The highest BCUT2D eigenvalue weighted by Crippen LogP contribution is 2.35. The molecule has 110 valence electrons. The highest BCUT2D eigenvalue weighted by atomic mass is 79.9. The molecule has 2 aromatic carbocycles. The summed E-state index contributed by atoms with van der Waals surface area (Å²) in [5.74, 6) is 1.42. The van der Waals surface area contributed by atoms with Crippen molar-refractivity contribution in [3.63, 3.8) is 0 Å². The van der Waals surface area contributed by atoms with Crippen LogP contribution >= 0.6 is 39.9 Å². The van der Waals surface area contributed by atoms with E-state index in [-0.39, 0.29) is 10.8 Å². The van der Waals surface area contributed by atoms with E-state index in [1.165, 1.54) is 12.1 Å². The van der Waals surface area contributed by atoms with Gasteiger partial charge in [-0.1, -0.05) is 25.2 Å². The molecule has 0 spiro atoms. The van der Waals surface area contributed by atoms with Crippen LogP contribution in [-0.4, -0.2) is 10.7 Å². The molecule has 0 unspecified atom stereocenters. The molecule has 0 aliphatic rings. The fourth-order valence-corrected chi connectivity index (χ4v) is 3.23. The van der Waals surface area contributed by atoms with Gasteiger partial charge in [-0.15, -0.1) is 11.8 Å². The van der Waals surface area contributed by atoms with Crippen molar-refractivity contribution in [2.75, 3.05) is 5.75 Å². The molecule has 2 N–H and O–H groups in total. The van der Waals surface area contributed by atoms with Gasteiger partial charge in [0, 0.05) is 11.0 Å². The molecule has 0 aromatic heterocycles. The van der Waals surface area contributed by atoms with E-state index in [2.05, 4.69) is 15.9 Å². The number of thioether (sulfide) groups is 1. The van der Waals surface area contributed by atoms with Crippen LogP contribution in [0.4, 0.5) is 4.39 Å². The van der Waals surface area contributed by atoms with E-state index in [0.29, 0.717) is 21.5 Å². The van der Waals surface area contributed by atoms with E-state index in [9.17, 15) is 4.39 Å². The molecule has 0 saturated carbocycles. The number of hydrogen-bond donors (Lipinski definition) is 1. The number of benzene rings is 2. The first-order valence-electron chi connectivity index (χ1n) is 6.21. The Kier molecular flexibility index (Phi) is 5.61. The minimum Gasteiger partial charge on any atom is -0.455 e. The lowest BCUT2D eigenvalue weighted by atomic mass is 10.2. The van der Waals surface area contributed by atoms with Crippen molar-refractivity contribution in [1.29, 1.82) is 0 Å². The van der Waals surface area contributed by atoms with Crippen LogP contribution in [-0.2, 0) is 0 Å². The number of ether oxygens (including phenoxy) is 1. The summed E-state index contributed by atoms with van der Waals surface area (Å²) < 4.78 is 19.8. The van der Waals surface area contributed by atoms with Crippen LogP contribution in [0.25, 0.3) is 0 Å². The highest BCUT2D eigenvalue weighted by molar-refractivity contribution is 9.10. The maximum Gasteiger partial charge on any atom is 0.144 e. The van der Waals surface area contributed by atoms with Crippen LogP contribution in [0.5, 0.6) is 11.5 Å². The maximum absolute atomic E-state index is 13.4. The molecule has 0 radical (unpaired) electrons. The highest BCUT2D eigenvalue weighted by Gasteiger charge is 2.14. The quantitative estimate of drug-likeness (QED) is 0.571. The summed E-state index contributed by atoms with van der Waals surface area (Å²) in [6.45, 7) is 2.05. The predicted octanol–water partition coefficient (Wildman–Crippen LogP) is 5.13. The van der Waals surface area contributed by atoms with Crippen molar-refractivity contribution in [3.05, 3.63) is 52.3 Å². The van der Waals surface area contributed by atoms with Gasteiger partial charge in [-0.25, -0.2) is 4.39 Å². The Bertz CT molecular complexity index is 679. The molecular formula is C15H13BrFNOS2. The van der Waals surface area contributed by atoms with E-state index in [0.717, 1.165) is 10.6 Å². The van der Waals surface area contributed by atoms with Crippen molar-refractivity contribution >= 4 is 44.9 Å². The van der Waals surface area contributed by atoms with Crippen LogP contribution in [0, 0.1) is 5.82 Å². The van der Waals surface area contributed by atoms with Gasteiger partial charge in [0.1, 0.15) is 22.3 Å². The molecule has 0 aliphatic heterocycles. The van der Waals surface area contributed by atoms with Crippen LogP contribution in [0.3, 0.4) is 0 Å². The number of rotatable bonds is 5. The van der Waals surface area contributed by atoms with Gasteiger partial charge >= 0.3 is 0 Å². The van der Waals surface area contributed by atoms with Crippen molar-refractivity contribution < 1.29 is 9.13 Å². The zero-order chi connectivity index (χ0) is 15.4. The van der Waals surface area contributed by atoms with Crippen molar-refractivity contribution in [2.45, 2.75) is 11.8 Å². The number of halogens is 2. The minimum absolute atomic E-state index is 0.258. The van der Waals surface area contributed by atoms with Gasteiger partial charge in [-0.05, 0) is 45.9 Å². The van der Waals surface area contributed by atoms with Gasteiger partial charge in [0.2, 0.25) is 0 Å².